The normalized spacial score (nSPS) is 34.4. The summed E-state index contributed by atoms with van der Waals surface area (Å²) in [6.45, 7) is 0.878. The smallest absolute Gasteiger partial charge is 0.185 e. The maximum absolute atomic E-state index is 9.72. The topological polar surface area (TPSA) is 73.9 Å². The molecule has 2 unspecified atom stereocenters. The van der Waals surface area contributed by atoms with Crippen molar-refractivity contribution < 1.29 is 19.3 Å². The summed E-state index contributed by atoms with van der Waals surface area (Å²) in [7, 11) is 3.03. The van der Waals surface area contributed by atoms with Gasteiger partial charge in [0.2, 0.25) is 0 Å². The molecule has 3 atom stereocenters. The Labute approximate surface area is 77.8 Å². The van der Waals surface area contributed by atoms with Crippen LogP contribution in [0.15, 0.2) is 0 Å². The Kier molecular flexibility index (Phi) is 4.08. The molecule has 1 fully saturated rings. The van der Waals surface area contributed by atoms with Crippen LogP contribution in [0.3, 0.4) is 0 Å². The molecule has 5 heteroatoms. The van der Waals surface area contributed by atoms with Crippen molar-refractivity contribution in [2.24, 2.45) is 11.7 Å². The fourth-order valence-electron chi connectivity index (χ4n) is 1.51. The molecule has 0 radical (unpaired) electrons. The Balaban J connectivity index is 2.52. The van der Waals surface area contributed by atoms with Crippen molar-refractivity contribution in [1.82, 2.24) is 0 Å². The number of hydrogen-bond donors (Lipinski definition) is 2. The molecule has 0 aliphatic carbocycles. The summed E-state index contributed by atoms with van der Waals surface area (Å²) >= 11 is 0. The maximum Gasteiger partial charge on any atom is 0.185 e. The van der Waals surface area contributed by atoms with Crippen molar-refractivity contribution in [3.05, 3.63) is 0 Å². The van der Waals surface area contributed by atoms with E-state index in [1.165, 1.54) is 14.2 Å². The van der Waals surface area contributed by atoms with Crippen LogP contribution in [-0.4, -0.2) is 51.0 Å². The lowest BCUT2D eigenvalue weighted by Crippen LogP contribution is -2.40. The van der Waals surface area contributed by atoms with Crippen LogP contribution in [0.1, 0.15) is 0 Å². The van der Waals surface area contributed by atoms with Crippen molar-refractivity contribution in [2.75, 3.05) is 27.4 Å². The van der Waals surface area contributed by atoms with Gasteiger partial charge in [-0.05, 0) is 6.54 Å². The summed E-state index contributed by atoms with van der Waals surface area (Å²) in [4.78, 5) is 0. The molecule has 0 aromatic rings. The van der Waals surface area contributed by atoms with Gasteiger partial charge in [0.1, 0.15) is 6.10 Å². The fraction of sp³-hybridized carbons (Fsp3) is 1.00. The van der Waals surface area contributed by atoms with Crippen LogP contribution in [0.2, 0.25) is 0 Å². The average Bonchev–Trinajstić information content (AvgIpc) is 2.50. The number of aliphatic hydroxyl groups is 1. The minimum absolute atomic E-state index is 0.0159. The standard InChI is InChI=1S/C8H17NO4/c1-11-8(12-2)7-6(10)5(3-9)4-13-7/h5-8,10H,3-4,9H2,1-2H3/t5-,6?,7?/m1/s1. The molecule has 1 saturated heterocycles. The van der Waals surface area contributed by atoms with Crippen LogP contribution >= 0.6 is 0 Å². The summed E-state index contributed by atoms with van der Waals surface area (Å²) in [5.74, 6) is -0.0159. The van der Waals surface area contributed by atoms with Crippen LogP contribution in [0.4, 0.5) is 0 Å². The minimum Gasteiger partial charge on any atom is -0.390 e. The first kappa shape index (κ1) is 10.9. The van der Waals surface area contributed by atoms with Gasteiger partial charge in [-0.15, -0.1) is 0 Å². The van der Waals surface area contributed by atoms with Gasteiger partial charge >= 0.3 is 0 Å². The highest BCUT2D eigenvalue weighted by Gasteiger charge is 2.40. The third-order valence-electron chi connectivity index (χ3n) is 2.36. The summed E-state index contributed by atoms with van der Waals surface area (Å²) in [6.07, 6.45) is -1.55. The van der Waals surface area contributed by atoms with E-state index < -0.39 is 18.5 Å². The average molecular weight is 191 g/mol. The predicted octanol–water partition coefficient (Wildman–Crippen LogP) is -1.06. The van der Waals surface area contributed by atoms with Gasteiger partial charge in [0, 0.05) is 20.1 Å². The van der Waals surface area contributed by atoms with Gasteiger partial charge < -0.3 is 25.1 Å². The zero-order valence-electron chi connectivity index (χ0n) is 7.97. The highest BCUT2D eigenvalue weighted by Crippen LogP contribution is 2.23. The molecule has 1 aliphatic heterocycles. The van der Waals surface area contributed by atoms with Gasteiger partial charge in [-0.2, -0.15) is 0 Å². The number of methoxy groups -OCH3 is 2. The van der Waals surface area contributed by atoms with E-state index in [0.29, 0.717) is 13.2 Å². The molecule has 5 nitrogen and oxygen atoms in total. The number of rotatable bonds is 4. The van der Waals surface area contributed by atoms with Gasteiger partial charge in [0.05, 0.1) is 12.7 Å². The first-order valence-corrected chi connectivity index (χ1v) is 4.30. The summed E-state index contributed by atoms with van der Waals surface area (Å²) in [6, 6.07) is 0. The van der Waals surface area contributed by atoms with E-state index in [1.807, 2.05) is 0 Å². The molecule has 0 amide bonds. The highest BCUT2D eigenvalue weighted by atomic mass is 16.7. The van der Waals surface area contributed by atoms with E-state index in [4.69, 9.17) is 19.9 Å². The van der Waals surface area contributed by atoms with Gasteiger partial charge in [0.15, 0.2) is 6.29 Å². The molecule has 1 heterocycles. The van der Waals surface area contributed by atoms with Crippen molar-refractivity contribution >= 4 is 0 Å². The van der Waals surface area contributed by atoms with Gasteiger partial charge in [-0.3, -0.25) is 0 Å². The molecule has 0 spiro atoms. The number of nitrogens with two attached hydrogens (primary N) is 1. The van der Waals surface area contributed by atoms with E-state index >= 15 is 0 Å². The Bertz CT molecular complexity index is 151. The van der Waals surface area contributed by atoms with Gasteiger partial charge in [-0.1, -0.05) is 0 Å². The summed E-state index contributed by atoms with van der Waals surface area (Å²) in [5.41, 5.74) is 5.45. The zero-order valence-corrected chi connectivity index (χ0v) is 7.97. The number of aliphatic hydroxyl groups excluding tert-OH is 1. The van der Waals surface area contributed by atoms with Crippen LogP contribution < -0.4 is 5.73 Å². The molecule has 0 bridgehead atoms. The summed E-state index contributed by atoms with van der Waals surface area (Å²) in [5, 5.41) is 9.72. The zero-order chi connectivity index (χ0) is 9.84. The molecule has 1 rings (SSSR count). The molecular weight excluding hydrogens is 174 g/mol. The molecular formula is C8H17NO4. The second kappa shape index (κ2) is 4.88. The molecule has 3 N–H and O–H groups in total. The largest absolute Gasteiger partial charge is 0.390 e. The highest BCUT2D eigenvalue weighted by molar-refractivity contribution is 4.85. The maximum atomic E-state index is 9.72. The monoisotopic (exact) mass is 191 g/mol. The first-order valence-electron chi connectivity index (χ1n) is 4.30. The SMILES string of the molecule is COC(OC)C1OC[C@@H](CN)C1O. The van der Waals surface area contributed by atoms with E-state index in [9.17, 15) is 5.11 Å². The van der Waals surface area contributed by atoms with Crippen molar-refractivity contribution in [1.29, 1.82) is 0 Å². The third-order valence-corrected chi connectivity index (χ3v) is 2.36. The quantitative estimate of drug-likeness (QED) is 0.554. The van der Waals surface area contributed by atoms with E-state index in [-0.39, 0.29) is 5.92 Å². The van der Waals surface area contributed by atoms with Crippen LogP contribution in [0, 0.1) is 5.92 Å². The Hall–Kier alpha value is -0.200. The lowest BCUT2D eigenvalue weighted by atomic mass is 10.0. The van der Waals surface area contributed by atoms with Gasteiger partial charge in [-0.25, -0.2) is 0 Å². The Morgan fingerprint density at radius 2 is 2.15 bits per heavy atom. The second-order valence-corrected chi connectivity index (χ2v) is 3.12. The fourth-order valence-corrected chi connectivity index (χ4v) is 1.51. The van der Waals surface area contributed by atoms with E-state index in [2.05, 4.69) is 0 Å². The molecule has 78 valence electrons. The van der Waals surface area contributed by atoms with Crippen LogP contribution in [0.25, 0.3) is 0 Å². The van der Waals surface area contributed by atoms with E-state index in [1.54, 1.807) is 0 Å². The molecule has 0 aromatic carbocycles. The lowest BCUT2D eigenvalue weighted by Gasteiger charge is -2.23. The summed E-state index contributed by atoms with van der Waals surface area (Å²) < 4.78 is 15.3. The van der Waals surface area contributed by atoms with Crippen molar-refractivity contribution in [3.8, 4) is 0 Å². The van der Waals surface area contributed by atoms with Gasteiger partial charge in [0.25, 0.3) is 0 Å². The molecule has 13 heavy (non-hydrogen) atoms. The Morgan fingerprint density at radius 3 is 2.54 bits per heavy atom. The predicted molar refractivity (Wildman–Crippen MR) is 46.1 cm³/mol. The molecule has 1 aliphatic rings. The lowest BCUT2D eigenvalue weighted by molar-refractivity contribution is -0.185. The third kappa shape index (κ3) is 2.18. The molecule has 0 saturated carbocycles. The number of ether oxygens (including phenoxy) is 3. The Morgan fingerprint density at radius 1 is 1.54 bits per heavy atom. The van der Waals surface area contributed by atoms with E-state index in [0.717, 1.165) is 0 Å². The van der Waals surface area contributed by atoms with Crippen molar-refractivity contribution in [2.45, 2.75) is 18.5 Å². The van der Waals surface area contributed by atoms with Crippen LogP contribution in [0.5, 0.6) is 0 Å². The van der Waals surface area contributed by atoms with Crippen LogP contribution in [-0.2, 0) is 14.2 Å². The molecule has 0 aromatic heterocycles. The van der Waals surface area contributed by atoms with Crippen molar-refractivity contribution in [3.63, 3.8) is 0 Å². The number of hydrogen-bond acceptors (Lipinski definition) is 5. The first-order chi connectivity index (χ1) is 6.24. The minimum atomic E-state index is -0.602. The second-order valence-electron chi connectivity index (χ2n) is 3.12.